The highest BCUT2D eigenvalue weighted by molar-refractivity contribution is 5.87. The predicted octanol–water partition coefficient (Wildman–Crippen LogP) is 0.426. The Bertz CT molecular complexity index is 718. The molecule has 3 rings (SSSR count). The Balaban J connectivity index is 1.76. The molecule has 0 spiro atoms. The number of pyridine rings is 2. The zero-order chi connectivity index (χ0) is 17.0. The zero-order valence-electron chi connectivity index (χ0n) is 13.6. The summed E-state index contributed by atoms with van der Waals surface area (Å²) in [6.45, 7) is 1.84. The number of carbonyl (C=O) groups excluding carboxylic acids is 1. The van der Waals surface area contributed by atoms with Crippen LogP contribution in [0.25, 0.3) is 11.0 Å². The molecule has 3 heterocycles. The van der Waals surface area contributed by atoms with Gasteiger partial charge in [0.1, 0.15) is 5.52 Å². The van der Waals surface area contributed by atoms with Gasteiger partial charge in [-0.2, -0.15) is 0 Å². The van der Waals surface area contributed by atoms with Crippen molar-refractivity contribution in [1.82, 2.24) is 15.3 Å². The number of piperidine rings is 1. The number of β-amino-alcohol motifs (C(OH)–C–C–N with tert-alkyl or cyclic N) is 1. The molecule has 0 saturated carbocycles. The first-order valence-corrected chi connectivity index (χ1v) is 8.25. The second kappa shape index (κ2) is 7.11. The van der Waals surface area contributed by atoms with Crippen LogP contribution >= 0.6 is 0 Å². The monoisotopic (exact) mass is 329 g/mol. The molecule has 0 bridgehead atoms. The molecule has 0 aromatic carbocycles. The summed E-state index contributed by atoms with van der Waals surface area (Å²) >= 11 is 0. The number of nitrogens with zero attached hydrogens (tertiary/aromatic N) is 3. The van der Waals surface area contributed by atoms with Gasteiger partial charge in [0.15, 0.2) is 0 Å². The second-order valence-corrected chi connectivity index (χ2v) is 6.27. The van der Waals surface area contributed by atoms with Crippen molar-refractivity contribution in [3.05, 3.63) is 30.6 Å². The molecule has 2 aromatic rings. The number of fused-ring (bicyclic) bond motifs is 1. The highest BCUT2D eigenvalue weighted by atomic mass is 16.3. The molecule has 24 heavy (non-hydrogen) atoms. The van der Waals surface area contributed by atoms with Crippen molar-refractivity contribution < 1.29 is 9.90 Å². The number of hydrogen-bond acceptors (Lipinski definition) is 6. The lowest BCUT2D eigenvalue weighted by atomic mass is 9.92. The molecule has 1 aliphatic rings. The predicted molar refractivity (Wildman–Crippen MR) is 92.6 cm³/mol. The van der Waals surface area contributed by atoms with Crippen molar-refractivity contribution >= 4 is 22.6 Å². The molecule has 1 atom stereocenters. The van der Waals surface area contributed by atoms with Crippen molar-refractivity contribution in [2.45, 2.75) is 24.9 Å². The highest BCUT2D eigenvalue weighted by Crippen LogP contribution is 2.29. The summed E-state index contributed by atoms with van der Waals surface area (Å²) in [4.78, 5) is 22.5. The van der Waals surface area contributed by atoms with Crippen LogP contribution < -0.4 is 16.0 Å². The number of nitrogens with one attached hydrogen (secondary N) is 1. The average Bonchev–Trinajstić information content (AvgIpc) is 2.60. The normalized spacial score (nSPS) is 21.0. The largest absolute Gasteiger partial charge is 0.386 e. The molecule has 7 heteroatoms. The topological polar surface area (TPSA) is 104 Å². The minimum Gasteiger partial charge on any atom is -0.386 e. The van der Waals surface area contributed by atoms with Crippen LogP contribution in [0.2, 0.25) is 0 Å². The van der Waals surface area contributed by atoms with Gasteiger partial charge in [0, 0.05) is 45.0 Å². The summed E-state index contributed by atoms with van der Waals surface area (Å²) in [5.74, 6) is -0.126. The van der Waals surface area contributed by atoms with Gasteiger partial charge in [-0.3, -0.25) is 14.8 Å². The van der Waals surface area contributed by atoms with Crippen molar-refractivity contribution in [2.75, 3.05) is 31.1 Å². The van der Waals surface area contributed by atoms with Gasteiger partial charge in [0.2, 0.25) is 5.91 Å². The van der Waals surface area contributed by atoms with Crippen LogP contribution in [0.1, 0.15) is 19.3 Å². The average molecular weight is 329 g/mol. The zero-order valence-corrected chi connectivity index (χ0v) is 13.6. The lowest BCUT2D eigenvalue weighted by Gasteiger charge is -2.40. The van der Waals surface area contributed by atoms with Crippen LogP contribution in [-0.4, -0.2) is 52.8 Å². The molecule has 7 nitrogen and oxygen atoms in total. The molecule has 0 radical (unpaired) electrons. The molecular weight excluding hydrogens is 306 g/mol. The molecule has 1 amide bonds. The smallest absolute Gasteiger partial charge is 0.221 e. The highest BCUT2D eigenvalue weighted by Gasteiger charge is 2.34. The van der Waals surface area contributed by atoms with Gasteiger partial charge >= 0.3 is 0 Å². The van der Waals surface area contributed by atoms with Gasteiger partial charge in [-0.1, -0.05) is 0 Å². The second-order valence-electron chi connectivity index (χ2n) is 6.27. The number of carbonyl (C=O) groups is 1. The third-order valence-electron chi connectivity index (χ3n) is 4.36. The van der Waals surface area contributed by atoms with E-state index >= 15 is 0 Å². The Labute approximate surface area is 140 Å². The van der Waals surface area contributed by atoms with Crippen molar-refractivity contribution in [3.63, 3.8) is 0 Å². The minimum atomic E-state index is -0.952. The number of anilines is 1. The van der Waals surface area contributed by atoms with Crippen LogP contribution in [0.3, 0.4) is 0 Å². The van der Waals surface area contributed by atoms with E-state index in [4.69, 9.17) is 5.73 Å². The Hall–Kier alpha value is -2.25. The Morgan fingerprint density at radius 2 is 2.25 bits per heavy atom. The third kappa shape index (κ3) is 3.63. The lowest BCUT2D eigenvalue weighted by Crippen LogP contribution is -2.54. The maximum Gasteiger partial charge on any atom is 0.221 e. The van der Waals surface area contributed by atoms with E-state index in [9.17, 15) is 9.90 Å². The van der Waals surface area contributed by atoms with Crippen molar-refractivity contribution in [2.24, 2.45) is 5.73 Å². The van der Waals surface area contributed by atoms with Gasteiger partial charge in [-0.15, -0.1) is 0 Å². The van der Waals surface area contributed by atoms with Crippen LogP contribution in [0.15, 0.2) is 30.6 Å². The first-order chi connectivity index (χ1) is 11.6. The fourth-order valence-corrected chi connectivity index (χ4v) is 3.17. The van der Waals surface area contributed by atoms with Gasteiger partial charge < -0.3 is 21.1 Å². The van der Waals surface area contributed by atoms with Crippen LogP contribution in [0, 0.1) is 0 Å². The summed E-state index contributed by atoms with van der Waals surface area (Å²) < 4.78 is 0. The van der Waals surface area contributed by atoms with E-state index in [1.807, 2.05) is 18.2 Å². The van der Waals surface area contributed by atoms with E-state index in [0.29, 0.717) is 19.5 Å². The quantitative estimate of drug-likeness (QED) is 0.735. The van der Waals surface area contributed by atoms with E-state index < -0.39 is 5.60 Å². The molecule has 1 saturated heterocycles. The summed E-state index contributed by atoms with van der Waals surface area (Å²) in [5.41, 5.74) is 7.05. The fourth-order valence-electron chi connectivity index (χ4n) is 3.17. The SMILES string of the molecule is NCCC(=O)NC[C@@]1(O)CCCN(c2ccnc3cccnc23)C1. The third-order valence-corrected chi connectivity index (χ3v) is 4.36. The molecule has 4 N–H and O–H groups in total. The van der Waals surface area contributed by atoms with E-state index in [-0.39, 0.29) is 18.9 Å². The molecule has 1 aliphatic heterocycles. The minimum absolute atomic E-state index is 0.126. The molecule has 2 aromatic heterocycles. The Morgan fingerprint density at radius 3 is 3.08 bits per heavy atom. The Kier molecular flexibility index (Phi) is 4.92. The number of hydrogen-bond donors (Lipinski definition) is 3. The molecular formula is C17H23N5O2. The number of amides is 1. The van der Waals surface area contributed by atoms with E-state index in [1.54, 1.807) is 12.4 Å². The summed E-state index contributed by atoms with van der Waals surface area (Å²) in [7, 11) is 0. The van der Waals surface area contributed by atoms with Crippen molar-refractivity contribution in [1.29, 1.82) is 0 Å². The van der Waals surface area contributed by atoms with Crippen molar-refractivity contribution in [3.8, 4) is 0 Å². The number of nitrogens with two attached hydrogens (primary N) is 1. The van der Waals surface area contributed by atoms with E-state index in [1.165, 1.54) is 0 Å². The van der Waals surface area contributed by atoms with Gasteiger partial charge in [-0.25, -0.2) is 0 Å². The van der Waals surface area contributed by atoms with Crippen LogP contribution in [0.5, 0.6) is 0 Å². The first kappa shape index (κ1) is 16.6. The summed E-state index contributed by atoms with van der Waals surface area (Å²) in [6.07, 6.45) is 5.29. The van der Waals surface area contributed by atoms with Gasteiger partial charge in [0.25, 0.3) is 0 Å². The molecule has 1 fully saturated rings. The number of aromatic nitrogens is 2. The molecule has 0 unspecified atom stereocenters. The standard InChI is InChI=1S/C17H23N5O2/c18-7-4-15(23)21-11-17(24)6-2-10-22(12-17)14-5-9-19-13-3-1-8-20-16(13)14/h1,3,5,8-9,24H,2,4,6-7,10-12,18H2,(H,21,23)/t17-/m0/s1. The maximum absolute atomic E-state index is 11.6. The lowest BCUT2D eigenvalue weighted by molar-refractivity contribution is -0.122. The van der Waals surface area contributed by atoms with E-state index in [0.717, 1.165) is 29.7 Å². The molecule has 0 aliphatic carbocycles. The summed E-state index contributed by atoms with van der Waals surface area (Å²) in [5, 5.41) is 13.6. The Morgan fingerprint density at radius 1 is 1.38 bits per heavy atom. The van der Waals surface area contributed by atoms with Gasteiger partial charge in [-0.05, 0) is 31.0 Å². The number of aliphatic hydroxyl groups is 1. The number of rotatable bonds is 5. The van der Waals surface area contributed by atoms with E-state index in [2.05, 4.69) is 20.2 Å². The van der Waals surface area contributed by atoms with Crippen LogP contribution in [-0.2, 0) is 4.79 Å². The van der Waals surface area contributed by atoms with Crippen LogP contribution in [0.4, 0.5) is 5.69 Å². The maximum atomic E-state index is 11.6. The summed E-state index contributed by atoms with van der Waals surface area (Å²) in [6, 6.07) is 5.71. The first-order valence-electron chi connectivity index (χ1n) is 8.25. The van der Waals surface area contributed by atoms with Gasteiger partial charge in [0.05, 0.1) is 16.8 Å². The fraction of sp³-hybridized carbons (Fsp3) is 0.471. The molecule has 128 valence electrons.